The van der Waals surface area contributed by atoms with Crippen molar-refractivity contribution in [3.8, 4) is 0 Å². The zero-order valence-electron chi connectivity index (χ0n) is 15.3. The number of rotatable bonds is 6. The van der Waals surface area contributed by atoms with E-state index in [4.69, 9.17) is 16.3 Å². The summed E-state index contributed by atoms with van der Waals surface area (Å²) in [5, 5.41) is 5.95. The highest BCUT2D eigenvalue weighted by Crippen LogP contribution is 2.26. The quantitative estimate of drug-likeness (QED) is 0.740. The summed E-state index contributed by atoms with van der Waals surface area (Å²) in [6.07, 6.45) is -0.0591. The fourth-order valence-corrected chi connectivity index (χ4v) is 2.84. The number of aryl methyl sites for hydroxylation is 1. The first-order chi connectivity index (χ1) is 12.8. The third kappa shape index (κ3) is 5.56. The van der Waals surface area contributed by atoms with Gasteiger partial charge in [0.25, 0.3) is 5.91 Å². The van der Waals surface area contributed by atoms with Gasteiger partial charge in [-0.15, -0.1) is 0 Å². The zero-order valence-corrected chi connectivity index (χ0v) is 16.1. The van der Waals surface area contributed by atoms with Crippen molar-refractivity contribution in [1.29, 1.82) is 0 Å². The Morgan fingerprint density at radius 1 is 1.15 bits per heavy atom. The molecule has 0 aromatic heterocycles. The minimum atomic E-state index is -0.649. The fraction of sp³-hybridized carbons (Fsp3) is 0.250. The lowest BCUT2D eigenvalue weighted by Crippen LogP contribution is -2.30. The number of amides is 2. The molecule has 0 saturated carbocycles. The SMILES string of the molecule is COC(=O)CC(NC(=O)c1ccc(C)c(NC(C)=O)c1)c1ccccc1Cl. The van der Waals surface area contributed by atoms with Crippen LogP contribution in [0, 0.1) is 6.92 Å². The molecule has 1 atom stereocenters. The highest BCUT2D eigenvalue weighted by molar-refractivity contribution is 6.31. The van der Waals surface area contributed by atoms with Crippen LogP contribution in [0.25, 0.3) is 0 Å². The van der Waals surface area contributed by atoms with Crippen LogP contribution in [0.15, 0.2) is 42.5 Å². The van der Waals surface area contributed by atoms with Gasteiger partial charge < -0.3 is 15.4 Å². The largest absolute Gasteiger partial charge is 0.469 e. The second kappa shape index (κ2) is 9.19. The molecule has 1 unspecified atom stereocenters. The lowest BCUT2D eigenvalue weighted by molar-refractivity contribution is -0.141. The van der Waals surface area contributed by atoms with Gasteiger partial charge in [0, 0.05) is 23.2 Å². The zero-order chi connectivity index (χ0) is 20.0. The monoisotopic (exact) mass is 388 g/mol. The third-order valence-electron chi connectivity index (χ3n) is 3.99. The van der Waals surface area contributed by atoms with E-state index in [1.807, 2.05) is 6.92 Å². The molecule has 0 aliphatic rings. The molecule has 0 radical (unpaired) electrons. The van der Waals surface area contributed by atoms with Crippen molar-refractivity contribution in [1.82, 2.24) is 5.32 Å². The molecule has 27 heavy (non-hydrogen) atoms. The Kier molecular flexibility index (Phi) is 6.96. The van der Waals surface area contributed by atoms with E-state index in [-0.39, 0.29) is 12.3 Å². The predicted molar refractivity (Wildman–Crippen MR) is 104 cm³/mol. The third-order valence-corrected chi connectivity index (χ3v) is 4.34. The summed E-state index contributed by atoms with van der Waals surface area (Å²) in [5.74, 6) is -1.09. The van der Waals surface area contributed by atoms with E-state index in [9.17, 15) is 14.4 Å². The van der Waals surface area contributed by atoms with Crippen LogP contribution in [-0.4, -0.2) is 24.9 Å². The summed E-state index contributed by atoms with van der Waals surface area (Å²) in [5.41, 5.74) is 2.36. The van der Waals surface area contributed by atoms with Crippen LogP contribution in [0.5, 0.6) is 0 Å². The van der Waals surface area contributed by atoms with E-state index < -0.39 is 17.9 Å². The lowest BCUT2D eigenvalue weighted by Gasteiger charge is -2.20. The van der Waals surface area contributed by atoms with E-state index in [2.05, 4.69) is 10.6 Å². The molecule has 2 N–H and O–H groups in total. The molecule has 2 aromatic rings. The number of esters is 1. The molecule has 2 rings (SSSR count). The van der Waals surface area contributed by atoms with Crippen molar-refractivity contribution in [3.63, 3.8) is 0 Å². The van der Waals surface area contributed by atoms with E-state index in [1.165, 1.54) is 14.0 Å². The van der Waals surface area contributed by atoms with Gasteiger partial charge in [-0.3, -0.25) is 14.4 Å². The maximum Gasteiger partial charge on any atom is 0.307 e. The Morgan fingerprint density at radius 2 is 1.85 bits per heavy atom. The van der Waals surface area contributed by atoms with Crippen LogP contribution >= 0.6 is 11.6 Å². The average Bonchev–Trinajstić information content (AvgIpc) is 2.62. The van der Waals surface area contributed by atoms with Gasteiger partial charge in [-0.2, -0.15) is 0 Å². The fourth-order valence-electron chi connectivity index (χ4n) is 2.58. The number of nitrogens with one attached hydrogen (secondary N) is 2. The molecule has 0 aliphatic heterocycles. The Balaban J connectivity index is 2.29. The van der Waals surface area contributed by atoms with Gasteiger partial charge >= 0.3 is 5.97 Å². The number of carbonyl (C=O) groups is 3. The van der Waals surface area contributed by atoms with Gasteiger partial charge in [0.15, 0.2) is 0 Å². The molecule has 0 aliphatic carbocycles. The van der Waals surface area contributed by atoms with Crippen LogP contribution < -0.4 is 10.6 Å². The normalized spacial score (nSPS) is 11.4. The second-order valence-electron chi connectivity index (χ2n) is 6.04. The standard InChI is InChI=1S/C20H21ClN2O4/c1-12-8-9-14(10-17(12)22-13(2)24)20(26)23-18(11-19(25)27-3)15-6-4-5-7-16(15)21/h4-10,18H,11H2,1-3H3,(H,22,24)(H,23,26). The summed E-state index contributed by atoms with van der Waals surface area (Å²) in [7, 11) is 1.29. The van der Waals surface area contributed by atoms with E-state index in [0.717, 1.165) is 5.56 Å². The molecule has 2 aromatic carbocycles. The Morgan fingerprint density at radius 3 is 2.48 bits per heavy atom. The molecule has 0 heterocycles. The number of anilines is 1. The number of benzene rings is 2. The van der Waals surface area contributed by atoms with Gasteiger partial charge in [-0.05, 0) is 36.2 Å². The van der Waals surface area contributed by atoms with Crippen molar-refractivity contribution in [3.05, 3.63) is 64.2 Å². The minimum Gasteiger partial charge on any atom is -0.469 e. The molecule has 142 valence electrons. The number of hydrogen-bond donors (Lipinski definition) is 2. The van der Waals surface area contributed by atoms with Crippen LogP contribution in [0.3, 0.4) is 0 Å². The summed E-state index contributed by atoms with van der Waals surface area (Å²) < 4.78 is 4.73. The smallest absolute Gasteiger partial charge is 0.307 e. The lowest BCUT2D eigenvalue weighted by atomic mass is 10.0. The number of ether oxygens (including phenoxy) is 1. The molecular formula is C20H21ClN2O4. The highest BCUT2D eigenvalue weighted by Gasteiger charge is 2.22. The highest BCUT2D eigenvalue weighted by atomic mass is 35.5. The summed E-state index contributed by atoms with van der Waals surface area (Å²) in [4.78, 5) is 35.8. The Bertz CT molecular complexity index is 867. The molecular weight excluding hydrogens is 368 g/mol. The summed E-state index contributed by atoms with van der Waals surface area (Å²) in [6.45, 7) is 3.23. The number of methoxy groups -OCH3 is 1. The van der Waals surface area contributed by atoms with Gasteiger partial charge in [0.1, 0.15) is 0 Å². The molecule has 7 heteroatoms. The molecule has 0 saturated heterocycles. The first-order valence-corrected chi connectivity index (χ1v) is 8.70. The first-order valence-electron chi connectivity index (χ1n) is 8.32. The Labute approximate surface area is 162 Å². The Hall–Kier alpha value is -2.86. The van der Waals surface area contributed by atoms with Crippen LogP contribution in [-0.2, 0) is 14.3 Å². The number of hydrogen-bond acceptors (Lipinski definition) is 4. The van der Waals surface area contributed by atoms with E-state index in [1.54, 1.807) is 42.5 Å². The van der Waals surface area contributed by atoms with Crippen LogP contribution in [0.1, 0.15) is 40.9 Å². The predicted octanol–water partition coefficient (Wildman–Crippen LogP) is 3.64. The summed E-state index contributed by atoms with van der Waals surface area (Å²) in [6, 6.07) is 11.3. The minimum absolute atomic E-state index is 0.0591. The van der Waals surface area contributed by atoms with Crippen molar-refractivity contribution in [2.75, 3.05) is 12.4 Å². The van der Waals surface area contributed by atoms with Crippen molar-refractivity contribution < 1.29 is 19.1 Å². The molecule has 6 nitrogen and oxygen atoms in total. The molecule has 2 amide bonds. The molecule has 0 fully saturated rings. The topological polar surface area (TPSA) is 84.5 Å². The van der Waals surface area contributed by atoms with Gasteiger partial charge in [0.05, 0.1) is 19.6 Å². The van der Waals surface area contributed by atoms with E-state index >= 15 is 0 Å². The second-order valence-corrected chi connectivity index (χ2v) is 6.45. The van der Waals surface area contributed by atoms with Crippen LogP contribution in [0.2, 0.25) is 5.02 Å². The van der Waals surface area contributed by atoms with Gasteiger partial charge in [-0.25, -0.2) is 0 Å². The van der Waals surface area contributed by atoms with E-state index in [0.29, 0.717) is 21.8 Å². The number of carbonyl (C=O) groups excluding carboxylic acids is 3. The first kappa shape index (κ1) is 20.5. The van der Waals surface area contributed by atoms with Crippen LogP contribution in [0.4, 0.5) is 5.69 Å². The maximum atomic E-state index is 12.7. The van der Waals surface area contributed by atoms with Crippen molar-refractivity contribution in [2.24, 2.45) is 0 Å². The van der Waals surface area contributed by atoms with Crippen molar-refractivity contribution in [2.45, 2.75) is 26.3 Å². The van der Waals surface area contributed by atoms with Gasteiger partial charge in [0.2, 0.25) is 5.91 Å². The average molecular weight is 389 g/mol. The number of halogens is 1. The molecule has 0 spiro atoms. The summed E-state index contributed by atoms with van der Waals surface area (Å²) >= 11 is 6.23. The van der Waals surface area contributed by atoms with Gasteiger partial charge in [-0.1, -0.05) is 35.9 Å². The maximum absolute atomic E-state index is 12.7. The molecule has 0 bridgehead atoms. The van der Waals surface area contributed by atoms with Crippen molar-refractivity contribution >= 4 is 35.1 Å².